The molecular formula is C51H97N9O14. The molecule has 0 radical (unpaired) electrons. The third-order valence-corrected chi connectivity index (χ3v) is 9.98. The highest BCUT2D eigenvalue weighted by Crippen LogP contribution is 2.10. The van der Waals surface area contributed by atoms with Gasteiger partial charge in [0.2, 0.25) is 35.4 Å². The minimum Gasteiger partial charge on any atom is -0.396 e. The van der Waals surface area contributed by atoms with Gasteiger partial charge in [-0.2, -0.15) is 5.06 Å². The van der Waals surface area contributed by atoms with Crippen molar-refractivity contribution in [3.05, 3.63) is 0 Å². The lowest BCUT2D eigenvalue weighted by molar-refractivity contribution is -0.179. The molecule has 74 heavy (non-hydrogen) atoms. The molecule has 0 aromatic rings. The zero-order valence-corrected chi connectivity index (χ0v) is 45.8. The average Bonchev–Trinajstić information content (AvgIpc) is 3.71. The van der Waals surface area contributed by atoms with E-state index >= 15 is 0 Å². The van der Waals surface area contributed by atoms with Crippen LogP contribution in [-0.4, -0.2) is 157 Å². The molecule has 23 nitrogen and oxygen atoms in total. The smallest absolute Gasteiger partial charge is 0.253 e. The summed E-state index contributed by atoms with van der Waals surface area (Å²) in [5, 5.41) is 18.9. The molecular weight excluding hydrogens is 963 g/mol. The molecule has 0 aliphatic carbocycles. The normalized spacial score (nSPS) is 11.4. The van der Waals surface area contributed by atoms with Crippen LogP contribution in [0.5, 0.6) is 0 Å². The van der Waals surface area contributed by atoms with Gasteiger partial charge in [0.1, 0.15) is 12.9 Å². The number of oxime groups is 1. The van der Waals surface area contributed by atoms with Crippen LogP contribution in [0.15, 0.2) is 5.16 Å². The first-order valence-electron chi connectivity index (χ1n) is 26.8. The minimum absolute atomic E-state index is 0.0283. The SMILES string of the molecule is CC.CC(C)=NOCCCCC(=O)NCCCCCC(=O)NCCCCCC(=O)NCCCOCCOCCOCCCNC(=O)CCCN.CON1C(=O)CCC1=O.NC(=O)CCC(=O)NCCCCCC=O. The Morgan fingerprint density at radius 3 is 1.27 bits per heavy atom. The summed E-state index contributed by atoms with van der Waals surface area (Å²) in [4.78, 5) is 109. The number of hydrogen-bond acceptors (Lipinski definition) is 16. The molecule has 0 atom stereocenters. The highest BCUT2D eigenvalue weighted by Gasteiger charge is 2.28. The fourth-order valence-electron chi connectivity index (χ4n) is 6.06. The molecule has 1 aliphatic rings. The maximum atomic E-state index is 12.0. The van der Waals surface area contributed by atoms with Crippen molar-refractivity contribution in [2.45, 2.75) is 175 Å². The Balaban J connectivity index is -0.00000156. The van der Waals surface area contributed by atoms with Crippen LogP contribution in [0.25, 0.3) is 0 Å². The van der Waals surface area contributed by atoms with Crippen molar-refractivity contribution in [1.29, 1.82) is 0 Å². The molecule has 1 aliphatic heterocycles. The van der Waals surface area contributed by atoms with Crippen molar-refractivity contribution >= 4 is 59.3 Å². The Kier molecular flexibility index (Phi) is 56.5. The molecule has 9 N–H and O–H groups in total. The van der Waals surface area contributed by atoms with Gasteiger partial charge >= 0.3 is 0 Å². The summed E-state index contributed by atoms with van der Waals surface area (Å²) in [5.74, 6) is -0.940. The van der Waals surface area contributed by atoms with Gasteiger partial charge in [0.15, 0.2) is 0 Å². The summed E-state index contributed by atoms with van der Waals surface area (Å²) in [7, 11) is 1.31. The van der Waals surface area contributed by atoms with Gasteiger partial charge in [0.25, 0.3) is 11.8 Å². The molecule has 0 unspecified atom stereocenters. The number of aldehydes is 1. The second kappa shape index (κ2) is 57.2. The largest absolute Gasteiger partial charge is 0.396 e. The number of hydroxylamine groups is 2. The van der Waals surface area contributed by atoms with E-state index in [0.29, 0.717) is 124 Å². The number of carbonyl (C=O) groups is 9. The third-order valence-electron chi connectivity index (χ3n) is 9.98. The van der Waals surface area contributed by atoms with E-state index in [2.05, 4.69) is 36.6 Å². The van der Waals surface area contributed by atoms with Gasteiger partial charge in [0, 0.05) is 104 Å². The molecule has 0 aromatic carbocycles. The number of imide groups is 1. The molecule has 1 fully saturated rings. The van der Waals surface area contributed by atoms with Crippen molar-refractivity contribution in [2.75, 3.05) is 92.6 Å². The van der Waals surface area contributed by atoms with Gasteiger partial charge < -0.3 is 61.9 Å². The van der Waals surface area contributed by atoms with Crippen molar-refractivity contribution in [3.63, 3.8) is 0 Å². The van der Waals surface area contributed by atoms with Crippen LogP contribution >= 0.6 is 0 Å². The Bertz CT molecular complexity index is 1490. The van der Waals surface area contributed by atoms with Gasteiger partial charge in [-0.25, -0.2) is 0 Å². The van der Waals surface area contributed by atoms with Crippen LogP contribution in [-0.2, 0) is 67.0 Å². The zero-order chi connectivity index (χ0) is 55.7. The van der Waals surface area contributed by atoms with E-state index in [1.54, 1.807) is 0 Å². The van der Waals surface area contributed by atoms with E-state index in [-0.39, 0.29) is 67.0 Å². The molecule has 0 saturated carbocycles. The fraction of sp³-hybridized carbons (Fsp3) is 0.804. The van der Waals surface area contributed by atoms with E-state index in [0.717, 1.165) is 101 Å². The topological polar surface area (TPSA) is 328 Å². The van der Waals surface area contributed by atoms with Gasteiger partial charge in [-0.1, -0.05) is 38.3 Å². The summed E-state index contributed by atoms with van der Waals surface area (Å²) in [5.41, 5.74) is 11.2. The van der Waals surface area contributed by atoms with Crippen LogP contribution in [0.1, 0.15) is 175 Å². The maximum absolute atomic E-state index is 12.0. The van der Waals surface area contributed by atoms with E-state index in [1.807, 2.05) is 27.7 Å². The lowest BCUT2D eigenvalue weighted by atomic mass is 10.1. The van der Waals surface area contributed by atoms with Crippen molar-refractivity contribution in [2.24, 2.45) is 16.6 Å². The molecule has 430 valence electrons. The maximum Gasteiger partial charge on any atom is 0.253 e. The highest BCUT2D eigenvalue weighted by atomic mass is 16.7. The van der Waals surface area contributed by atoms with Gasteiger partial charge in [-0.05, 0) is 91.0 Å². The van der Waals surface area contributed by atoms with Crippen molar-refractivity contribution in [1.82, 2.24) is 31.6 Å². The molecule has 23 heteroatoms. The minimum atomic E-state index is -0.462. The van der Waals surface area contributed by atoms with E-state index < -0.39 is 5.91 Å². The molecule has 1 heterocycles. The van der Waals surface area contributed by atoms with E-state index in [9.17, 15) is 43.2 Å². The summed E-state index contributed by atoms with van der Waals surface area (Å²) in [6.45, 7) is 14.9. The second-order valence-corrected chi connectivity index (χ2v) is 16.9. The lowest BCUT2D eigenvalue weighted by Crippen LogP contribution is -2.27. The first kappa shape index (κ1) is 73.1. The first-order valence-corrected chi connectivity index (χ1v) is 26.8. The summed E-state index contributed by atoms with van der Waals surface area (Å²) < 4.78 is 16.5. The summed E-state index contributed by atoms with van der Waals surface area (Å²) >= 11 is 0. The summed E-state index contributed by atoms with van der Waals surface area (Å²) in [6.07, 6.45) is 15.7. The van der Waals surface area contributed by atoms with Crippen LogP contribution in [0.2, 0.25) is 0 Å². The van der Waals surface area contributed by atoms with Crippen LogP contribution in [0.3, 0.4) is 0 Å². The van der Waals surface area contributed by atoms with Crippen LogP contribution in [0.4, 0.5) is 0 Å². The Labute approximate surface area is 441 Å². The molecule has 1 saturated heterocycles. The van der Waals surface area contributed by atoms with Crippen molar-refractivity contribution in [3.8, 4) is 0 Å². The van der Waals surface area contributed by atoms with Crippen LogP contribution < -0.4 is 38.1 Å². The van der Waals surface area contributed by atoms with Crippen LogP contribution in [0, 0.1) is 0 Å². The number of nitrogens with one attached hydrogen (secondary N) is 5. The monoisotopic (exact) mass is 1060 g/mol. The summed E-state index contributed by atoms with van der Waals surface area (Å²) in [6, 6.07) is 0. The Morgan fingerprint density at radius 2 is 0.892 bits per heavy atom. The zero-order valence-electron chi connectivity index (χ0n) is 45.8. The Morgan fingerprint density at radius 1 is 0.514 bits per heavy atom. The number of rotatable bonds is 45. The van der Waals surface area contributed by atoms with E-state index in [1.165, 1.54) is 7.11 Å². The molecule has 0 aromatic heterocycles. The standard InChI is InChI=1S/C34H66N6O8.C10H18N2O3.C5H7NO3.C2H6/c1-30(2)40-48-25-10-7-16-33(43)37-20-9-3-5-14-31(41)36-19-8-4-6-15-32(42)38-21-12-23-45-26-28-47-29-27-46-24-13-22-39-34(44)17-11-18-35;11-9(14)5-6-10(15)12-7-3-1-2-4-8-13;1-9-6-4(7)2-3-5(6)8;1-2/h3-29,35H2,1-2H3,(H,36,41)(H,37,43)(H,38,42)(H,39,44);8H,1-7H2,(H2,11,14)(H,12,15);2-3H2,1H3;1-2H3. The number of nitrogens with zero attached hydrogens (tertiary/aromatic N) is 2. The second-order valence-electron chi connectivity index (χ2n) is 16.9. The van der Waals surface area contributed by atoms with Gasteiger partial charge in [0.05, 0.1) is 39.2 Å². The molecule has 8 amide bonds. The average molecular weight is 1060 g/mol. The molecule has 0 spiro atoms. The highest BCUT2D eigenvalue weighted by molar-refractivity contribution is 6.00. The van der Waals surface area contributed by atoms with Gasteiger partial charge in [-0.15, -0.1) is 0 Å². The molecule has 0 bridgehead atoms. The number of ether oxygens (including phenoxy) is 3. The number of amides is 8. The number of unbranched alkanes of at least 4 members (excludes halogenated alkanes) is 8. The molecule has 1 rings (SSSR count). The van der Waals surface area contributed by atoms with Crippen molar-refractivity contribution < 1.29 is 67.0 Å². The number of hydrogen-bond donors (Lipinski definition) is 7. The Hall–Kier alpha value is -5.10. The number of primary amides is 1. The quantitative estimate of drug-likeness (QED) is 0.0151. The fourth-order valence-corrected chi connectivity index (χ4v) is 6.06. The first-order chi connectivity index (χ1) is 35.8. The predicted octanol–water partition coefficient (Wildman–Crippen LogP) is 3.57. The predicted molar refractivity (Wildman–Crippen MR) is 283 cm³/mol. The van der Waals surface area contributed by atoms with Gasteiger partial charge in [-0.3, -0.25) is 43.2 Å². The van der Waals surface area contributed by atoms with E-state index in [4.69, 9.17) is 30.5 Å². The number of nitrogens with two attached hydrogens (primary N) is 2. The number of carbonyl (C=O) groups excluding carboxylic acids is 9. The third kappa shape index (κ3) is 56.2. The lowest BCUT2D eigenvalue weighted by Gasteiger charge is -2.08.